The quantitative estimate of drug-likeness (QED) is 0.749. The van der Waals surface area contributed by atoms with Crippen LogP contribution in [0.2, 0.25) is 0 Å². The van der Waals surface area contributed by atoms with E-state index >= 15 is 0 Å². The van der Waals surface area contributed by atoms with Crippen LogP contribution in [0, 0.1) is 0 Å². The summed E-state index contributed by atoms with van der Waals surface area (Å²) < 4.78 is 6.30. The number of hydrogen-bond acceptors (Lipinski definition) is 4. The van der Waals surface area contributed by atoms with Crippen LogP contribution in [0.3, 0.4) is 0 Å². The molecule has 0 spiro atoms. The van der Waals surface area contributed by atoms with Gasteiger partial charge in [0.05, 0.1) is 23.7 Å². The van der Waals surface area contributed by atoms with Crippen molar-refractivity contribution >= 4 is 17.1 Å². The van der Waals surface area contributed by atoms with E-state index in [4.69, 9.17) is 4.74 Å². The lowest BCUT2D eigenvalue weighted by atomic mass is 10.2. The van der Waals surface area contributed by atoms with Gasteiger partial charge >= 0.3 is 5.69 Å². The second-order valence-corrected chi connectivity index (χ2v) is 4.81. The molecule has 0 saturated carbocycles. The zero-order chi connectivity index (χ0) is 16.2. The number of hydrogen-bond donors (Lipinski definition) is 1. The summed E-state index contributed by atoms with van der Waals surface area (Å²) in [5.74, 6) is 0.643. The van der Waals surface area contributed by atoms with Gasteiger partial charge in [0.15, 0.2) is 0 Å². The fraction of sp³-hybridized carbons (Fsp3) is 0.118. The fourth-order valence-corrected chi connectivity index (χ4v) is 2.25. The third-order valence-electron chi connectivity index (χ3n) is 3.31. The van der Waals surface area contributed by atoms with Gasteiger partial charge in [0.25, 0.3) is 5.56 Å². The standard InChI is InChI=1S/C17H15N3O3/c1-2-23-15-10-6-3-7-12(15)11-18-20-16(21)13-8-4-5-9-14(13)19-17(20)22/h3-11H,2H2,1H3,(H,19,22). The third kappa shape index (κ3) is 2.91. The molecule has 3 aromatic rings. The summed E-state index contributed by atoms with van der Waals surface area (Å²) in [4.78, 5) is 27.1. The Bertz CT molecular complexity index is 986. The molecule has 1 N–H and O–H groups in total. The minimum atomic E-state index is -0.584. The van der Waals surface area contributed by atoms with Crippen LogP contribution in [-0.4, -0.2) is 22.5 Å². The highest BCUT2D eigenvalue weighted by molar-refractivity contribution is 5.83. The minimum Gasteiger partial charge on any atom is -0.493 e. The highest BCUT2D eigenvalue weighted by Gasteiger charge is 2.06. The van der Waals surface area contributed by atoms with E-state index < -0.39 is 11.2 Å². The molecule has 0 aliphatic rings. The van der Waals surface area contributed by atoms with E-state index in [2.05, 4.69) is 10.1 Å². The van der Waals surface area contributed by atoms with Crippen molar-refractivity contribution in [2.24, 2.45) is 5.10 Å². The molecule has 0 amide bonds. The van der Waals surface area contributed by atoms with Crippen molar-refractivity contribution in [3.05, 3.63) is 74.9 Å². The van der Waals surface area contributed by atoms with Crippen LogP contribution < -0.4 is 16.0 Å². The average molecular weight is 309 g/mol. The molecule has 0 radical (unpaired) electrons. The van der Waals surface area contributed by atoms with Crippen LogP contribution in [0.1, 0.15) is 12.5 Å². The Kier molecular flexibility index (Phi) is 4.05. The predicted octanol–water partition coefficient (Wildman–Crippen LogP) is 1.97. The van der Waals surface area contributed by atoms with Crippen molar-refractivity contribution in [2.75, 3.05) is 6.61 Å². The fourth-order valence-electron chi connectivity index (χ4n) is 2.25. The first-order valence-corrected chi connectivity index (χ1v) is 7.21. The van der Waals surface area contributed by atoms with Crippen molar-refractivity contribution in [2.45, 2.75) is 6.92 Å². The summed E-state index contributed by atoms with van der Waals surface area (Å²) >= 11 is 0. The first-order valence-electron chi connectivity index (χ1n) is 7.21. The van der Waals surface area contributed by atoms with E-state index in [0.717, 1.165) is 4.68 Å². The van der Waals surface area contributed by atoms with Gasteiger partial charge in [-0.3, -0.25) is 4.79 Å². The Morgan fingerprint density at radius 1 is 1.13 bits per heavy atom. The molecule has 3 rings (SSSR count). The van der Waals surface area contributed by atoms with E-state index in [1.165, 1.54) is 6.21 Å². The monoisotopic (exact) mass is 309 g/mol. The maximum absolute atomic E-state index is 12.4. The van der Waals surface area contributed by atoms with Crippen LogP contribution in [0.15, 0.2) is 63.2 Å². The van der Waals surface area contributed by atoms with E-state index in [1.54, 1.807) is 36.4 Å². The second-order valence-electron chi connectivity index (χ2n) is 4.81. The van der Waals surface area contributed by atoms with Crippen molar-refractivity contribution in [1.29, 1.82) is 0 Å². The number of para-hydroxylation sites is 2. The summed E-state index contributed by atoms with van der Waals surface area (Å²) in [6, 6.07) is 14.1. The Morgan fingerprint density at radius 2 is 1.87 bits per heavy atom. The minimum absolute atomic E-state index is 0.405. The predicted molar refractivity (Wildman–Crippen MR) is 89.4 cm³/mol. The molecule has 0 atom stereocenters. The number of aromatic amines is 1. The smallest absolute Gasteiger partial charge is 0.349 e. The summed E-state index contributed by atoms with van der Waals surface area (Å²) in [6.07, 6.45) is 1.44. The topological polar surface area (TPSA) is 76.5 Å². The average Bonchev–Trinajstić information content (AvgIpc) is 2.56. The van der Waals surface area contributed by atoms with Crippen LogP contribution >= 0.6 is 0 Å². The first-order chi connectivity index (χ1) is 11.2. The highest BCUT2D eigenvalue weighted by Crippen LogP contribution is 2.15. The van der Waals surface area contributed by atoms with Gasteiger partial charge in [0.1, 0.15) is 5.75 Å². The van der Waals surface area contributed by atoms with Crippen molar-refractivity contribution in [1.82, 2.24) is 9.66 Å². The number of rotatable bonds is 4. The Balaban J connectivity index is 2.09. The molecule has 1 aromatic heterocycles. The van der Waals surface area contributed by atoms with Crippen molar-refractivity contribution in [3.63, 3.8) is 0 Å². The van der Waals surface area contributed by atoms with Gasteiger partial charge in [-0.2, -0.15) is 5.10 Å². The van der Waals surface area contributed by atoms with Gasteiger partial charge < -0.3 is 9.72 Å². The maximum Gasteiger partial charge on any atom is 0.349 e. The van der Waals surface area contributed by atoms with Gasteiger partial charge in [-0.05, 0) is 31.2 Å². The molecule has 2 aromatic carbocycles. The van der Waals surface area contributed by atoms with Gasteiger partial charge in [0, 0.05) is 5.56 Å². The lowest BCUT2D eigenvalue weighted by Gasteiger charge is -2.06. The summed E-state index contributed by atoms with van der Waals surface area (Å²) in [6.45, 7) is 2.40. The van der Waals surface area contributed by atoms with E-state index in [1.807, 2.05) is 19.1 Å². The van der Waals surface area contributed by atoms with E-state index in [-0.39, 0.29) is 0 Å². The molecule has 1 heterocycles. The number of nitrogens with one attached hydrogen (secondary N) is 1. The zero-order valence-corrected chi connectivity index (χ0v) is 12.5. The molecule has 0 saturated heterocycles. The van der Waals surface area contributed by atoms with Crippen molar-refractivity contribution in [3.8, 4) is 5.75 Å². The SMILES string of the molecule is CCOc1ccccc1C=Nn1c(=O)[nH]c2ccccc2c1=O. The van der Waals surface area contributed by atoms with Gasteiger partial charge in [0.2, 0.25) is 0 Å². The molecule has 116 valence electrons. The summed E-state index contributed by atoms with van der Waals surface area (Å²) in [5.41, 5.74) is 0.130. The van der Waals surface area contributed by atoms with E-state index in [0.29, 0.717) is 28.8 Å². The van der Waals surface area contributed by atoms with Crippen LogP contribution in [0.4, 0.5) is 0 Å². The second kappa shape index (κ2) is 6.31. The maximum atomic E-state index is 12.4. The number of H-pyrrole nitrogens is 1. The molecule has 0 aliphatic heterocycles. The third-order valence-corrected chi connectivity index (χ3v) is 3.31. The van der Waals surface area contributed by atoms with E-state index in [9.17, 15) is 9.59 Å². The largest absolute Gasteiger partial charge is 0.493 e. The van der Waals surface area contributed by atoms with Crippen LogP contribution in [0.25, 0.3) is 10.9 Å². The van der Waals surface area contributed by atoms with Crippen LogP contribution in [-0.2, 0) is 0 Å². The molecule has 0 aliphatic carbocycles. The highest BCUT2D eigenvalue weighted by atomic mass is 16.5. The Labute approximate surface area is 131 Å². The molecule has 0 bridgehead atoms. The number of ether oxygens (including phenoxy) is 1. The molecule has 0 unspecified atom stereocenters. The molecular formula is C17H15N3O3. The number of nitrogens with zero attached hydrogens (tertiary/aromatic N) is 2. The van der Waals surface area contributed by atoms with Crippen molar-refractivity contribution < 1.29 is 4.74 Å². The first kappa shape index (κ1) is 14.8. The molecule has 23 heavy (non-hydrogen) atoms. The normalized spacial score (nSPS) is 11.2. The Morgan fingerprint density at radius 3 is 2.70 bits per heavy atom. The lowest BCUT2D eigenvalue weighted by molar-refractivity contribution is 0.340. The van der Waals surface area contributed by atoms with Gasteiger partial charge in [-0.25, -0.2) is 4.79 Å². The zero-order valence-electron chi connectivity index (χ0n) is 12.5. The number of fused-ring (bicyclic) bond motifs is 1. The molecule has 6 heteroatoms. The van der Waals surface area contributed by atoms with Gasteiger partial charge in [-0.15, -0.1) is 4.68 Å². The summed E-state index contributed by atoms with van der Waals surface area (Å²) in [5, 5.41) is 4.43. The van der Waals surface area contributed by atoms with Gasteiger partial charge in [-0.1, -0.05) is 24.3 Å². The molecule has 6 nitrogen and oxygen atoms in total. The molecule has 0 fully saturated rings. The lowest BCUT2D eigenvalue weighted by Crippen LogP contribution is -2.32. The Hall–Kier alpha value is -3.15. The number of benzene rings is 2. The number of aromatic nitrogens is 2. The molecular weight excluding hydrogens is 294 g/mol. The summed E-state index contributed by atoms with van der Waals surface area (Å²) in [7, 11) is 0. The van der Waals surface area contributed by atoms with Crippen LogP contribution in [0.5, 0.6) is 5.75 Å².